The number of amides is 2. The Morgan fingerprint density at radius 3 is 2.33 bits per heavy atom. The number of carbonyl (C=O) groups excluding carboxylic acids is 2. The van der Waals surface area contributed by atoms with Crippen LogP contribution in [0.15, 0.2) is 59.7 Å². The second-order valence-electron chi connectivity index (χ2n) is 8.36. The zero-order valence-electron chi connectivity index (χ0n) is 17.8. The summed E-state index contributed by atoms with van der Waals surface area (Å²) < 4.78 is 11.2. The van der Waals surface area contributed by atoms with Crippen LogP contribution in [0.25, 0.3) is 0 Å². The number of nitrogens with zero attached hydrogens (tertiary/aromatic N) is 3. The van der Waals surface area contributed by atoms with E-state index in [9.17, 15) is 19.7 Å². The molecule has 9 heteroatoms. The monoisotopic (exact) mass is 447 g/mol. The van der Waals surface area contributed by atoms with Crippen molar-refractivity contribution in [1.82, 2.24) is 5.01 Å². The van der Waals surface area contributed by atoms with E-state index >= 15 is 0 Å². The lowest BCUT2D eigenvalue weighted by atomic mass is 9.85. The molecule has 2 aromatic carbocycles. The summed E-state index contributed by atoms with van der Waals surface area (Å²) in [6.07, 6.45) is 6.44. The SMILES string of the molecule is COc1cc(/C=N\N2C(=O)[C@H]3[C@H](C2=O)[C@H]2C=C[C@H]3C2)ccc1OCc1ccc([N+](=O)[O-])cc1. The molecule has 0 N–H and O–H groups in total. The van der Waals surface area contributed by atoms with Crippen LogP contribution < -0.4 is 9.47 Å². The number of methoxy groups -OCH3 is 1. The standard InChI is InChI=1S/C24H21N3O6/c1-32-20-10-15(4-9-19(20)33-13-14-2-7-18(8-3-14)27(30)31)12-25-26-23(28)21-16-5-6-17(11-16)22(21)24(26)29/h2-10,12,16-17,21-22H,11,13H2,1H3/b25-12-/t16-,17-,21+,22+/m0/s1. The Bertz CT molecular complexity index is 1160. The second-order valence-corrected chi connectivity index (χ2v) is 8.36. The molecule has 33 heavy (non-hydrogen) atoms. The molecule has 2 aromatic rings. The van der Waals surface area contributed by atoms with Crippen LogP contribution in [0.2, 0.25) is 0 Å². The number of imide groups is 1. The van der Waals surface area contributed by atoms with Gasteiger partial charge in [-0.05, 0) is 59.7 Å². The van der Waals surface area contributed by atoms with Gasteiger partial charge in [0, 0.05) is 12.1 Å². The fourth-order valence-corrected chi connectivity index (χ4v) is 4.88. The molecule has 2 fully saturated rings. The minimum atomic E-state index is -0.454. The van der Waals surface area contributed by atoms with Crippen LogP contribution in [0.1, 0.15) is 17.5 Å². The van der Waals surface area contributed by atoms with Gasteiger partial charge < -0.3 is 9.47 Å². The van der Waals surface area contributed by atoms with Crippen LogP contribution in [-0.4, -0.2) is 35.1 Å². The van der Waals surface area contributed by atoms with Crippen molar-refractivity contribution in [1.29, 1.82) is 0 Å². The Morgan fingerprint density at radius 1 is 1.06 bits per heavy atom. The van der Waals surface area contributed by atoms with E-state index in [0.29, 0.717) is 17.1 Å². The Hall–Kier alpha value is -4.01. The lowest BCUT2D eigenvalue weighted by Crippen LogP contribution is -2.28. The van der Waals surface area contributed by atoms with Gasteiger partial charge in [0.2, 0.25) is 0 Å². The van der Waals surface area contributed by atoms with Gasteiger partial charge in [-0.3, -0.25) is 19.7 Å². The van der Waals surface area contributed by atoms with Gasteiger partial charge in [0.05, 0.1) is 30.1 Å². The average Bonchev–Trinajstić information content (AvgIpc) is 3.51. The van der Waals surface area contributed by atoms with Crippen molar-refractivity contribution in [2.75, 3.05) is 7.11 Å². The summed E-state index contributed by atoms with van der Waals surface area (Å²) in [7, 11) is 1.51. The molecule has 0 spiro atoms. The van der Waals surface area contributed by atoms with Gasteiger partial charge in [0.1, 0.15) is 6.61 Å². The maximum absolute atomic E-state index is 12.7. The molecule has 2 amide bonds. The van der Waals surface area contributed by atoms with Crippen LogP contribution in [0.4, 0.5) is 5.69 Å². The highest BCUT2D eigenvalue weighted by Gasteiger charge is 2.59. The molecule has 2 aliphatic carbocycles. The maximum Gasteiger partial charge on any atom is 0.269 e. The smallest absolute Gasteiger partial charge is 0.269 e. The molecule has 1 heterocycles. The molecule has 4 atom stereocenters. The van der Waals surface area contributed by atoms with Gasteiger partial charge in [0.15, 0.2) is 11.5 Å². The average molecular weight is 447 g/mol. The van der Waals surface area contributed by atoms with Gasteiger partial charge in [-0.15, -0.1) is 0 Å². The predicted octanol–water partition coefficient (Wildman–Crippen LogP) is 3.32. The summed E-state index contributed by atoms with van der Waals surface area (Å²) in [5, 5.41) is 16.0. The van der Waals surface area contributed by atoms with E-state index in [4.69, 9.17) is 9.47 Å². The molecule has 1 saturated carbocycles. The number of hydrogen-bond acceptors (Lipinski definition) is 7. The van der Waals surface area contributed by atoms with Crippen molar-refractivity contribution >= 4 is 23.7 Å². The third kappa shape index (κ3) is 3.65. The van der Waals surface area contributed by atoms with Crippen molar-refractivity contribution in [3.8, 4) is 11.5 Å². The predicted molar refractivity (Wildman–Crippen MR) is 118 cm³/mol. The van der Waals surface area contributed by atoms with Crippen LogP contribution in [0, 0.1) is 33.8 Å². The Balaban J connectivity index is 1.26. The van der Waals surface area contributed by atoms with Crippen molar-refractivity contribution < 1.29 is 24.0 Å². The van der Waals surface area contributed by atoms with E-state index in [-0.39, 0.29) is 47.8 Å². The zero-order chi connectivity index (χ0) is 23.1. The number of carbonyl (C=O) groups is 2. The second kappa shape index (κ2) is 8.16. The third-order valence-corrected chi connectivity index (χ3v) is 6.50. The Labute approximate surface area is 189 Å². The molecule has 0 unspecified atom stereocenters. The fraction of sp³-hybridized carbons (Fsp3) is 0.292. The molecule has 168 valence electrons. The number of non-ortho nitro benzene ring substituents is 1. The highest BCUT2D eigenvalue weighted by atomic mass is 16.6. The van der Waals surface area contributed by atoms with Crippen LogP contribution >= 0.6 is 0 Å². The molecular weight excluding hydrogens is 426 g/mol. The van der Waals surface area contributed by atoms with Crippen molar-refractivity contribution in [3.63, 3.8) is 0 Å². The van der Waals surface area contributed by atoms with E-state index < -0.39 is 4.92 Å². The summed E-state index contributed by atoms with van der Waals surface area (Å²) >= 11 is 0. The number of allylic oxidation sites excluding steroid dienone is 2. The van der Waals surface area contributed by atoms with E-state index in [1.807, 2.05) is 12.2 Å². The van der Waals surface area contributed by atoms with E-state index in [2.05, 4.69) is 5.10 Å². The van der Waals surface area contributed by atoms with Gasteiger partial charge in [-0.25, -0.2) is 0 Å². The number of rotatable bonds is 7. The molecule has 1 aliphatic heterocycles. The first-order chi connectivity index (χ1) is 16.0. The highest BCUT2D eigenvalue weighted by Crippen LogP contribution is 2.52. The molecule has 5 rings (SSSR count). The number of ether oxygens (including phenoxy) is 2. The first-order valence-corrected chi connectivity index (χ1v) is 10.6. The molecule has 3 aliphatic rings. The summed E-state index contributed by atoms with van der Waals surface area (Å²) in [6, 6.07) is 11.3. The van der Waals surface area contributed by atoms with E-state index in [1.54, 1.807) is 30.3 Å². The minimum absolute atomic E-state index is 0.0162. The quantitative estimate of drug-likeness (QED) is 0.212. The van der Waals surface area contributed by atoms with Crippen molar-refractivity contribution in [2.24, 2.45) is 28.8 Å². The van der Waals surface area contributed by atoms with Crippen LogP contribution in [-0.2, 0) is 16.2 Å². The molecule has 2 bridgehead atoms. The zero-order valence-corrected chi connectivity index (χ0v) is 17.8. The number of benzene rings is 2. The maximum atomic E-state index is 12.7. The molecule has 1 saturated heterocycles. The van der Waals surface area contributed by atoms with E-state index in [0.717, 1.165) is 17.0 Å². The Morgan fingerprint density at radius 2 is 1.73 bits per heavy atom. The van der Waals surface area contributed by atoms with E-state index in [1.165, 1.54) is 25.5 Å². The normalized spacial score (nSPS) is 25.2. The van der Waals surface area contributed by atoms with Gasteiger partial charge in [-0.1, -0.05) is 12.2 Å². The van der Waals surface area contributed by atoms with Crippen LogP contribution in [0.3, 0.4) is 0 Å². The first kappa shape index (κ1) is 20.9. The highest BCUT2D eigenvalue weighted by molar-refractivity contribution is 6.06. The number of nitro benzene ring substituents is 1. The fourth-order valence-electron chi connectivity index (χ4n) is 4.88. The van der Waals surface area contributed by atoms with Crippen molar-refractivity contribution in [3.05, 3.63) is 75.9 Å². The molecule has 0 radical (unpaired) electrons. The number of hydrazone groups is 1. The topological polar surface area (TPSA) is 111 Å². The summed E-state index contributed by atoms with van der Waals surface area (Å²) in [4.78, 5) is 35.8. The van der Waals surface area contributed by atoms with Gasteiger partial charge >= 0.3 is 0 Å². The largest absolute Gasteiger partial charge is 0.493 e. The lowest BCUT2D eigenvalue weighted by Gasteiger charge is -2.13. The van der Waals surface area contributed by atoms with Gasteiger partial charge in [-0.2, -0.15) is 10.1 Å². The Kier molecular flexibility index (Phi) is 5.16. The third-order valence-electron chi connectivity index (χ3n) is 6.50. The minimum Gasteiger partial charge on any atom is -0.493 e. The summed E-state index contributed by atoms with van der Waals surface area (Å²) in [6.45, 7) is 0.206. The first-order valence-electron chi connectivity index (χ1n) is 10.6. The van der Waals surface area contributed by atoms with Gasteiger partial charge in [0.25, 0.3) is 17.5 Å². The van der Waals surface area contributed by atoms with Crippen molar-refractivity contribution in [2.45, 2.75) is 13.0 Å². The number of hydrogen-bond donors (Lipinski definition) is 0. The molecule has 9 nitrogen and oxygen atoms in total. The molecular formula is C24H21N3O6. The summed E-state index contributed by atoms with van der Waals surface area (Å²) in [5.74, 6) is 0.204. The summed E-state index contributed by atoms with van der Waals surface area (Å²) in [5.41, 5.74) is 1.43. The lowest BCUT2D eigenvalue weighted by molar-refractivity contribution is -0.384. The number of fused-ring (bicyclic) bond motifs is 5. The van der Waals surface area contributed by atoms with Crippen LogP contribution in [0.5, 0.6) is 11.5 Å². The number of nitro groups is 1. The molecule has 0 aromatic heterocycles.